The predicted molar refractivity (Wildman–Crippen MR) is 88.8 cm³/mol. The number of rotatable bonds is 2. The van der Waals surface area contributed by atoms with E-state index in [0.29, 0.717) is 0 Å². The maximum atomic E-state index is 4.81. The second-order valence-electron chi connectivity index (χ2n) is 4.24. The zero-order chi connectivity index (χ0) is 16.1. The summed E-state index contributed by atoms with van der Waals surface area (Å²) in [5.74, 6) is 0. The van der Waals surface area contributed by atoms with E-state index in [4.69, 9.17) is 19.1 Å². The molecular formula is C14H20Cl2N4Pd. The molecule has 4 nitrogen and oxygen atoms in total. The van der Waals surface area contributed by atoms with Gasteiger partial charge in [0.15, 0.2) is 0 Å². The SMILES string of the molecule is CN(C)c1ccncc1.CN(C)c1ccncc1.[Cl][Pd][Cl]. The van der Waals surface area contributed by atoms with Crippen molar-refractivity contribution in [2.45, 2.75) is 0 Å². The number of hydrogen-bond donors (Lipinski definition) is 0. The summed E-state index contributed by atoms with van der Waals surface area (Å²) in [6.45, 7) is 0. The van der Waals surface area contributed by atoms with Crippen molar-refractivity contribution in [3.63, 3.8) is 0 Å². The van der Waals surface area contributed by atoms with Gasteiger partial charge < -0.3 is 9.80 Å². The van der Waals surface area contributed by atoms with Gasteiger partial charge >= 0.3 is 35.0 Å². The van der Waals surface area contributed by atoms with Crippen molar-refractivity contribution in [1.82, 2.24) is 9.97 Å². The molecule has 7 heteroatoms. The van der Waals surface area contributed by atoms with Gasteiger partial charge in [-0.05, 0) is 24.3 Å². The first kappa shape index (κ1) is 20.1. The third-order valence-electron chi connectivity index (χ3n) is 2.36. The van der Waals surface area contributed by atoms with E-state index in [1.165, 1.54) is 11.4 Å². The standard InChI is InChI=1S/2C7H10N2.2ClH.Pd/c2*1-9(2)7-3-5-8-6-4-7;;;/h2*3-6H,1-2H3;2*1H;/q;;;;+2/p-2. The van der Waals surface area contributed by atoms with Gasteiger partial charge in [0, 0.05) is 64.4 Å². The Morgan fingerprint density at radius 2 is 0.952 bits per heavy atom. The molecule has 0 amide bonds. The Bertz CT molecular complexity index is 412. The van der Waals surface area contributed by atoms with Crippen LogP contribution in [-0.2, 0) is 15.9 Å². The van der Waals surface area contributed by atoms with Crippen molar-refractivity contribution in [2.24, 2.45) is 0 Å². The van der Waals surface area contributed by atoms with Crippen LogP contribution in [0.5, 0.6) is 0 Å². The molecule has 0 aromatic carbocycles. The maximum absolute atomic E-state index is 4.81. The van der Waals surface area contributed by atoms with E-state index in [1.54, 1.807) is 24.8 Å². The van der Waals surface area contributed by atoms with Crippen molar-refractivity contribution >= 4 is 30.4 Å². The summed E-state index contributed by atoms with van der Waals surface area (Å²) in [6, 6.07) is 7.89. The molecule has 0 aliphatic carbocycles. The topological polar surface area (TPSA) is 32.3 Å². The Kier molecular flexibility index (Phi) is 12.3. The van der Waals surface area contributed by atoms with Crippen LogP contribution >= 0.6 is 19.1 Å². The molecule has 2 heterocycles. The number of hydrogen-bond acceptors (Lipinski definition) is 4. The van der Waals surface area contributed by atoms with E-state index in [1.807, 2.05) is 62.3 Å². The summed E-state index contributed by atoms with van der Waals surface area (Å²) < 4.78 is 0. The molecular weight excluding hydrogens is 402 g/mol. The van der Waals surface area contributed by atoms with E-state index in [0.717, 1.165) is 0 Å². The van der Waals surface area contributed by atoms with Gasteiger partial charge in [0.1, 0.15) is 0 Å². The fourth-order valence-corrected chi connectivity index (χ4v) is 1.28. The quantitative estimate of drug-likeness (QED) is 0.693. The molecule has 0 spiro atoms. The van der Waals surface area contributed by atoms with Gasteiger partial charge in [-0.3, -0.25) is 9.97 Å². The third-order valence-corrected chi connectivity index (χ3v) is 2.36. The fraction of sp³-hybridized carbons (Fsp3) is 0.286. The zero-order valence-electron chi connectivity index (χ0n) is 12.5. The summed E-state index contributed by atoms with van der Waals surface area (Å²) in [4.78, 5) is 11.9. The molecule has 0 saturated carbocycles. The van der Waals surface area contributed by atoms with E-state index < -0.39 is 0 Å². The Balaban J connectivity index is 0.000000322. The van der Waals surface area contributed by atoms with E-state index in [9.17, 15) is 0 Å². The average Bonchev–Trinajstić information content (AvgIpc) is 2.50. The molecule has 0 aliphatic rings. The number of nitrogens with zero attached hydrogens (tertiary/aromatic N) is 4. The van der Waals surface area contributed by atoms with Crippen molar-refractivity contribution in [3.05, 3.63) is 49.1 Å². The molecule has 0 aliphatic heterocycles. The molecule has 2 aromatic rings. The van der Waals surface area contributed by atoms with Crippen molar-refractivity contribution in [2.75, 3.05) is 38.0 Å². The molecule has 0 N–H and O–H groups in total. The van der Waals surface area contributed by atoms with Crippen LogP contribution in [0.15, 0.2) is 49.1 Å². The minimum absolute atomic E-state index is 0.106. The zero-order valence-corrected chi connectivity index (χ0v) is 15.5. The first-order valence-electron chi connectivity index (χ1n) is 6.00. The van der Waals surface area contributed by atoms with E-state index >= 15 is 0 Å². The van der Waals surface area contributed by atoms with Crippen LogP contribution in [0.2, 0.25) is 0 Å². The monoisotopic (exact) mass is 420 g/mol. The number of anilines is 2. The van der Waals surface area contributed by atoms with Crippen LogP contribution in [-0.4, -0.2) is 38.2 Å². The van der Waals surface area contributed by atoms with Crippen LogP contribution in [0.4, 0.5) is 11.4 Å². The summed E-state index contributed by atoms with van der Waals surface area (Å²) in [6.07, 6.45) is 7.15. The Morgan fingerprint density at radius 3 is 1.10 bits per heavy atom. The molecule has 21 heavy (non-hydrogen) atoms. The number of aromatic nitrogens is 2. The van der Waals surface area contributed by atoms with Crippen LogP contribution in [0.1, 0.15) is 0 Å². The van der Waals surface area contributed by atoms with E-state index in [2.05, 4.69) is 9.97 Å². The van der Waals surface area contributed by atoms with Crippen LogP contribution in [0.25, 0.3) is 0 Å². The van der Waals surface area contributed by atoms with Gasteiger partial charge in [0.2, 0.25) is 0 Å². The summed E-state index contributed by atoms with van der Waals surface area (Å²) in [5, 5.41) is 0. The van der Waals surface area contributed by atoms with Crippen molar-refractivity contribution in [3.8, 4) is 0 Å². The van der Waals surface area contributed by atoms with Crippen LogP contribution in [0, 0.1) is 0 Å². The van der Waals surface area contributed by atoms with Gasteiger partial charge in [-0.2, -0.15) is 0 Å². The van der Waals surface area contributed by atoms with E-state index in [-0.39, 0.29) is 15.9 Å². The first-order chi connectivity index (χ1) is 10.0. The van der Waals surface area contributed by atoms with Crippen molar-refractivity contribution in [1.29, 1.82) is 0 Å². The van der Waals surface area contributed by atoms with Gasteiger partial charge in [0.05, 0.1) is 0 Å². The molecule has 0 bridgehead atoms. The van der Waals surface area contributed by atoms with Crippen LogP contribution in [0.3, 0.4) is 0 Å². The van der Waals surface area contributed by atoms with Gasteiger partial charge in [-0.15, -0.1) is 0 Å². The van der Waals surface area contributed by atoms with Crippen molar-refractivity contribution < 1.29 is 15.9 Å². The average molecular weight is 422 g/mol. The first-order valence-corrected chi connectivity index (χ1v) is 10.00. The molecule has 2 aromatic heterocycles. The summed E-state index contributed by atoms with van der Waals surface area (Å²) in [5.41, 5.74) is 2.37. The van der Waals surface area contributed by atoms with Gasteiger partial charge in [0.25, 0.3) is 0 Å². The Hall–Kier alpha value is -0.858. The Labute approximate surface area is 143 Å². The van der Waals surface area contributed by atoms with Gasteiger partial charge in [-0.25, -0.2) is 0 Å². The number of pyridine rings is 2. The summed E-state index contributed by atoms with van der Waals surface area (Å²) >= 11 is -0.106. The Morgan fingerprint density at radius 1 is 0.714 bits per heavy atom. The molecule has 0 saturated heterocycles. The molecule has 120 valence electrons. The van der Waals surface area contributed by atoms with Gasteiger partial charge in [-0.1, -0.05) is 0 Å². The molecule has 0 unspecified atom stereocenters. The molecule has 0 fully saturated rings. The molecule has 0 atom stereocenters. The second-order valence-corrected chi connectivity index (χ2v) is 6.61. The predicted octanol–water partition coefficient (Wildman–Crippen LogP) is 3.67. The normalized spacial score (nSPS) is 8.86. The van der Waals surface area contributed by atoms with Crippen LogP contribution < -0.4 is 9.80 Å². The summed E-state index contributed by atoms with van der Waals surface area (Å²) in [7, 11) is 17.7. The molecule has 2 rings (SSSR count). The fourth-order valence-electron chi connectivity index (χ4n) is 1.28. The third kappa shape index (κ3) is 10.5. The molecule has 0 radical (unpaired) electrons. The number of halogens is 2. The second kappa shape index (κ2) is 12.9. The minimum atomic E-state index is -0.106.